The van der Waals surface area contributed by atoms with Crippen LogP contribution in [-0.2, 0) is 19.6 Å². The van der Waals surface area contributed by atoms with Gasteiger partial charge in [0.1, 0.15) is 0 Å². The number of nitrogens with one attached hydrogen (secondary N) is 2. The van der Waals surface area contributed by atoms with E-state index in [1.807, 2.05) is 13.8 Å². The molecule has 0 spiro atoms. The Morgan fingerprint density at radius 3 is 2.69 bits per heavy atom. The lowest BCUT2D eigenvalue weighted by Crippen LogP contribution is -2.28. The molecule has 29 heavy (non-hydrogen) atoms. The molecule has 0 aliphatic heterocycles. The second kappa shape index (κ2) is 11.5. The van der Waals surface area contributed by atoms with E-state index in [1.54, 1.807) is 12.1 Å². The molecule has 0 saturated heterocycles. The zero-order valence-electron chi connectivity index (χ0n) is 16.3. The van der Waals surface area contributed by atoms with Gasteiger partial charge in [-0.2, -0.15) is 0 Å². The SMILES string of the molecule is CCOCCCNc1nnc(SCC(=O)NC(C)c2ccc(S(N)(=O)=O)cc2)s1. The fourth-order valence-electron chi connectivity index (χ4n) is 2.29. The van der Waals surface area contributed by atoms with Gasteiger partial charge in [-0.3, -0.25) is 4.79 Å². The van der Waals surface area contributed by atoms with Crippen molar-refractivity contribution in [1.29, 1.82) is 0 Å². The monoisotopic (exact) mass is 459 g/mol. The Morgan fingerprint density at radius 1 is 1.31 bits per heavy atom. The van der Waals surface area contributed by atoms with Crippen LogP contribution < -0.4 is 15.8 Å². The summed E-state index contributed by atoms with van der Waals surface area (Å²) < 4.78 is 28.6. The number of sulfonamides is 1. The van der Waals surface area contributed by atoms with Crippen LogP contribution in [0.25, 0.3) is 0 Å². The molecule has 9 nitrogen and oxygen atoms in total. The van der Waals surface area contributed by atoms with Gasteiger partial charge in [-0.15, -0.1) is 10.2 Å². The Balaban J connectivity index is 1.75. The topological polar surface area (TPSA) is 136 Å². The predicted molar refractivity (Wildman–Crippen MR) is 115 cm³/mol. The maximum absolute atomic E-state index is 12.2. The molecule has 4 N–H and O–H groups in total. The Hall–Kier alpha value is -1.73. The average Bonchev–Trinajstić information content (AvgIpc) is 3.13. The Kier molecular flexibility index (Phi) is 9.30. The summed E-state index contributed by atoms with van der Waals surface area (Å²) in [5, 5.41) is 20.0. The van der Waals surface area contributed by atoms with Gasteiger partial charge < -0.3 is 15.4 Å². The predicted octanol–water partition coefficient (Wildman–Crippen LogP) is 1.99. The molecule has 1 unspecified atom stereocenters. The lowest BCUT2D eigenvalue weighted by Gasteiger charge is -2.14. The number of nitrogens with two attached hydrogens (primary N) is 1. The number of carbonyl (C=O) groups is 1. The minimum Gasteiger partial charge on any atom is -0.382 e. The molecule has 0 aliphatic rings. The molecule has 1 aromatic heterocycles. The van der Waals surface area contributed by atoms with E-state index in [9.17, 15) is 13.2 Å². The number of anilines is 1. The lowest BCUT2D eigenvalue weighted by atomic mass is 10.1. The number of rotatable bonds is 12. The number of hydrogen-bond acceptors (Lipinski definition) is 9. The van der Waals surface area contributed by atoms with Crippen molar-refractivity contribution >= 4 is 44.2 Å². The van der Waals surface area contributed by atoms with E-state index in [1.165, 1.54) is 35.2 Å². The van der Waals surface area contributed by atoms with E-state index in [4.69, 9.17) is 9.88 Å². The third-order valence-electron chi connectivity index (χ3n) is 3.77. The summed E-state index contributed by atoms with van der Waals surface area (Å²) in [4.78, 5) is 12.2. The molecule has 1 atom stereocenters. The van der Waals surface area contributed by atoms with Crippen molar-refractivity contribution < 1.29 is 17.9 Å². The van der Waals surface area contributed by atoms with Gasteiger partial charge in [0.2, 0.25) is 21.1 Å². The molecule has 0 fully saturated rings. The number of thioether (sulfide) groups is 1. The van der Waals surface area contributed by atoms with Crippen molar-refractivity contribution in [2.24, 2.45) is 5.14 Å². The van der Waals surface area contributed by atoms with Crippen LogP contribution in [0, 0.1) is 0 Å². The molecular weight excluding hydrogens is 434 g/mol. The number of carbonyl (C=O) groups excluding carboxylic acids is 1. The van der Waals surface area contributed by atoms with Gasteiger partial charge in [-0.05, 0) is 38.0 Å². The van der Waals surface area contributed by atoms with Crippen molar-refractivity contribution in [3.63, 3.8) is 0 Å². The number of amides is 1. The number of ether oxygens (including phenoxy) is 1. The molecule has 2 rings (SSSR count). The number of aromatic nitrogens is 2. The first-order valence-electron chi connectivity index (χ1n) is 8.99. The number of hydrogen-bond donors (Lipinski definition) is 3. The third-order valence-corrected chi connectivity index (χ3v) is 6.71. The fourth-order valence-corrected chi connectivity index (χ4v) is 4.40. The van der Waals surface area contributed by atoms with Crippen molar-refractivity contribution in [3.8, 4) is 0 Å². The van der Waals surface area contributed by atoms with Crippen molar-refractivity contribution in [1.82, 2.24) is 15.5 Å². The summed E-state index contributed by atoms with van der Waals surface area (Å²) in [5.74, 6) is 0.0536. The van der Waals surface area contributed by atoms with E-state index in [2.05, 4.69) is 20.8 Å². The highest BCUT2D eigenvalue weighted by atomic mass is 32.2. The third kappa shape index (κ3) is 8.26. The molecular formula is C17H25N5O4S3. The van der Waals surface area contributed by atoms with Crippen LogP contribution in [0.4, 0.5) is 5.13 Å². The Bertz CT molecular complexity index is 887. The summed E-state index contributed by atoms with van der Waals surface area (Å²) in [6.45, 7) is 5.95. The van der Waals surface area contributed by atoms with E-state index in [0.717, 1.165) is 18.5 Å². The molecule has 0 saturated carbocycles. The van der Waals surface area contributed by atoms with Gasteiger partial charge in [0.05, 0.1) is 16.7 Å². The molecule has 0 bridgehead atoms. The highest BCUT2D eigenvalue weighted by Gasteiger charge is 2.13. The summed E-state index contributed by atoms with van der Waals surface area (Å²) in [7, 11) is -3.73. The second-order valence-corrected chi connectivity index (χ2v) is 9.80. The number of benzene rings is 1. The van der Waals surface area contributed by atoms with Gasteiger partial charge in [0.15, 0.2) is 4.34 Å². The van der Waals surface area contributed by atoms with E-state index < -0.39 is 10.0 Å². The van der Waals surface area contributed by atoms with Crippen molar-refractivity contribution in [2.75, 3.05) is 30.8 Å². The van der Waals surface area contributed by atoms with E-state index in [-0.39, 0.29) is 22.6 Å². The van der Waals surface area contributed by atoms with E-state index >= 15 is 0 Å². The van der Waals surface area contributed by atoms with Gasteiger partial charge in [-0.1, -0.05) is 35.2 Å². The van der Waals surface area contributed by atoms with Crippen LogP contribution in [0.3, 0.4) is 0 Å². The minimum absolute atomic E-state index is 0.0360. The molecule has 0 radical (unpaired) electrons. The molecule has 1 amide bonds. The zero-order valence-corrected chi connectivity index (χ0v) is 18.7. The standard InChI is InChI=1S/C17H25N5O4S3/c1-3-26-10-4-9-19-16-21-22-17(28-16)27-11-15(23)20-12(2)13-5-7-14(8-6-13)29(18,24)25/h5-8,12H,3-4,9-11H2,1-2H3,(H,19,21)(H,20,23)(H2,18,24,25). The van der Waals surface area contributed by atoms with Crippen LogP contribution >= 0.6 is 23.1 Å². The lowest BCUT2D eigenvalue weighted by molar-refractivity contribution is -0.119. The average molecular weight is 460 g/mol. The van der Waals surface area contributed by atoms with Crippen molar-refractivity contribution in [2.45, 2.75) is 35.5 Å². The quantitative estimate of drug-likeness (QED) is 0.324. The molecule has 1 heterocycles. The molecule has 1 aromatic carbocycles. The maximum Gasteiger partial charge on any atom is 0.238 e. The maximum atomic E-state index is 12.2. The smallest absolute Gasteiger partial charge is 0.238 e. The van der Waals surface area contributed by atoms with Crippen LogP contribution in [0.15, 0.2) is 33.5 Å². The Labute approximate surface area is 178 Å². The van der Waals surface area contributed by atoms with Crippen LogP contribution in [0.1, 0.15) is 31.9 Å². The molecule has 0 aliphatic carbocycles. The normalized spacial score (nSPS) is 12.5. The Morgan fingerprint density at radius 2 is 2.03 bits per heavy atom. The number of nitrogens with zero attached hydrogens (tertiary/aromatic N) is 2. The highest BCUT2D eigenvalue weighted by molar-refractivity contribution is 8.01. The molecule has 2 aromatic rings. The largest absolute Gasteiger partial charge is 0.382 e. The van der Waals surface area contributed by atoms with E-state index in [0.29, 0.717) is 22.7 Å². The first-order valence-corrected chi connectivity index (χ1v) is 12.3. The first-order chi connectivity index (χ1) is 13.8. The second-order valence-electron chi connectivity index (χ2n) is 6.04. The summed E-state index contributed by atoms with van der Waals surface area (Å²) in [6.07, 6.45) is 0.883. The summed E-state index contributed by atoms with van der Waals surface area (Å²) in [6, 6.07) is 5.84. The summed E-state index contributed by atoms with van der Waals surface area (Å²) >= 11 is 2.71. The fraction of sp³-hybridized carbons (Fsp3) is 0.471. The van der Waals surface area contributed by atoms with Gasteiger partial charge >= 0.3 is 0 Å². The molecule has 12 heteroatoms. The number of primary sulfonamides is 1. The highest BCUT2D eigenvalue weighted by Crippen LogP contribution is 2.25. The minimum atomic E-state index is -3.73. The van der Waals surface area contributed by atoms with Gasteiger partial charge in [0, 0.05) is 19.8 Å². The van der Waals surface area contributed by atoms with Gasteiger partial charge in [0.25, 0.3) is 0 Å². The van der Waals surface area contributed by atoms with Crippen LogP contribution in [-0.4, -0.2) is 50.0 Å². The zero-order chi connectivity index (χ0) is 21.3. The summed E-state index contributed by atoms with van der Waals surface area (Å²) in [5.41, 5.74) is 0.783. The molecule has 160 valence electrons. The van der Waals surface area contributed by atoms with Gasteiger partial charge in [-0.25, -0.2) is 13.6 Å². The van der Waals surface area contributed by atoms with Crippen LogP contribution in [0.2, 0.25) is 0 Å². The van der Waals surface area contributed by atoms with Crippen LogP contribution in [0.5, 0.6) is 0 Å². The first kappa shape index (κ1) is 23.5. The van der Waals surface area contributed by atoms with Crippen molar-refractivity contribution in [3.05, 3.63) is 29.8 Å².